The lowest BCUT2D eigenvalue weighted by Crippen LogP contribution is -2.36. The number of nitrogens with zero attached hydrogens (tertiary/aromatic N) is 4. The SMILES string of the molecule is Cc1c(C(=O)NC2(C#N)CC2)nn(-c2ccc(Cl)cc2Cl)c1-c1ccc(CCC#N)cc1. The Bertz CT molecular complexity index is 1280. The molecule has 0 bridgehead atoms. The lowest BCUT2D eigenvalue weighted by molar-refractivity contribution is 0.0935. The van der Waals surface area contributed by atoms with E-state index in [9.17, 15) is 10.1 Å². The molecular formula is C24H19Cl2N5O. The maximum Gasteiger partial charge on any atom is 0.273 e. The second kappa shape index (κ2) is 8.67. The Morgan fingerprint density at radius 2 is 1.91 bits per heavy atom. The summed E-state index contributed by atoms with van der Waals surface area (Å²) in [5.74, 6) is -0.391. The van der Waals surface area contributed by atoms with Gasteiger partial charge in [-0.05, 0) is 49.9 Å². The van der Waals surface area contributed by atoms with Gasteiger partial charge in [-0.3, -0.25) is 4.79 Å². The van der Waals surface area contributed by atoms with Gasteiger partial charge >= 0.3 is 0 Å². The molecule has 1 aromatic heterocycles. The molecule has 1 amide bonds. The van der Waals surface area contributed by atoms with Crippen molar-refractivity contribution in [2.75, 3.05) is 0 Å². The van der Waals surface area contributed by atoms with E-state index in [1.165, 1.54) is 0 Å². The van der Waals surface area contributed by atoms with Crippen LogP contribution in [0.4, 0.5) is 0 Å². The molecule has 1 aliphatic rings. The molecule has 1 fully saturated rings. The third-order valence-corrected chi connectivity index (χ3v) is 6.08. The summed E-state index contributed by atoms with van der Waals surface area (Å²) in [4.78, 5) is 13.0. The molecule has 0 aliphatic heterocycles. The molecule has 6 nitrogen and oxygen atoms in total. The number of halogens is 2. The highest BCUT2D eigenvalue weighted by Crippen LogP contribution is 2.36. The van der Waals surface area contributed by atoms with Crippen LogP contribution in [-0.2, 0) is 6.42 Å². The third kappa shape index (κ3) is 4.21. The van der Waals surface area contributed by atoms with Crippen LogP contribution in [0.1, 0.15) is 40.9 Å². The smallest absolute Gasteiger partial charge is 0.273 e. The predicted octanol–water partition coefficient (Wildman–Crippen LogP) is 5.40. The van der Waals surface area contributed by atoms with Gasteiger partial charge in [-0.1, -0.05) is 47.5 Å². The van der Waals surface area contributed by atoms with Gasteiger partial charge in [0.05, 0.1) is 28.5 Å². The molecule has 32 heavy (non-hydrogen) atoms. The first kappa shape index (κ1) is 21.9. The number of aryl methyl sites for hydroxylation is 1. The van der Waals surface area contributed by atoms with Crippen LogP contribution in [0.25, 0.3) is 16.9 Å². The van der Waals surface area contributed by atoms with Gasteiger partial charge in [0.25, 0.3) is 5.91 Å². The second-order valence-corrected chi connectivity index (χ2v) is 8.68. The number of carbonyl (C=O) groups is 1. The van der Waals surface area contributed by atoms with Crippen LogP contribution in [0.2, 0.25) is 10.0 Å². The highest BCUT2D eigenvalue weighted by Gasteiger charge is 2.45. The average molecular weight is 464 g/mol. The Labute approximate surface area is 196 Å². The first-order chi connectivity index (χ1) is 15.4. The number of carbonyl (C=O) groups excluding carboxylic acids is 1. The number of benzene rings is 2. The summed E-state index contributed by atoms with van der Waals surface area (Å²) in [5, 5.41) is 26.5. The Morgan fingerprint density at radius 1 is 1.19 bits per heavy atom. The summed E-state index contributed by atoms with van der Waals surface area (Å²) < 4.78 is 1.64. The van der Waals surface area contributed by atoms with E-state index in [2.05, 4.69) is 22.6 Å². The Balaban J connectivity index is 1.81. The van der Waals surface area contributed by atoms with Gasteiger partial charge in [-0.2, -0.15) is 15.6 Å². The third-order valence-electron chi connectivity index (χ3n) is 5.54. The number of rotatable bonds is 6. The molecule has 1 heterocycles. The summed E-state index contributed by atoms with van der Waals surface area (Å²) in [7, 11) is 0. The molecule has 0 unspecified atom stereocenters. The average Bonchev–Trinajstić information content (AvgIpc) is 3.47. The molecular weight excluding hydrogens is 445 g/mol. The summed E-state index contributed by atoms with van der Waals surface area (Å²) in [6.07, 6.45) is 2.38. The predicted molar refractivity (Wildman–Crippen MR) is 123 cm³/mol. The molecule has 0 atom stereocenters. The van der Waals surface area contributed by atoms with Crippen LogP contribution < -0.4 is 5.32 Å². The molecule has 1 aliphatic carbocycles. The topological polar surface area (TPSA) is 94.5 Å². The number of nitrogens with one attached hydrogen (secondary N) is 1. The first-order valence-electron chi connectivity index (χ1n) is 10.1. The van der Waals surface area contributed by atoms with Crippen LogP contribution in [-0.4, -0.2) is 21.2 Å². The Hall–Kier alpha value is -3.32. The van der Waals surface area contributed by atoms with Crippen molar-refractivity contribution >= 4 is 29.1 Å². The normalized spacial score (nSPS) is 13.8. The summed E-state index contributed by atoms with van der Waals surface area (Å²) >= 11 is 12.5. The molecule has 0 saturated heterocycles. The van der Waals surface area contributed by atoms with Gasteiger partial charge in [0.1, 0.15) is 5.54 Å². The maximum atomic E-state index is 13.0. The van der Waals surface area contributed by atoms with Gasteiger partial charge in [-0.15, -0.1) is 0 Å². The monoisotopic (exact) mass is 463 g/mol. The fourth-order valence-electron chi connectivity index (χ4n) is 3.57. The summed E-state index contributed by atoms with van der Waals surface area (Å²) in [6, 6.07) is 17.2. The van der Waals surface area contributed by atoms with Gasteiger partial charge in [0, 0.05) is 22.6 Å². The molecule has 0 spiro atoms. The standard InChI is InChI=1S/C24H19Cl2N5O/c1-15-21(23(32)29-24(14-28)10-11-24)30-31(20-9-8-18(25)13-19(20)26)22(15)17-6-4-16(5-7-17)3-2-12-27/h4-9,13H,2-3,10-11H2,1H3,(H,29,32). The number of amides is 1. The molecule has 1 saturated carbocycles. The van der Waals surface area contributed by atoms with Crippen molar-refractivity contribution in [1.29, 1.82) is 10.5 Å². The van der Waals surface area contributed by atoms with E-state index in [0.29, 0.717) is 52.7 Å². The quantitative estimate of drug-likeness (QED) is 0.529. The number of nitriles is 2. The minimum atomic E-state index is -0.798. The van der Waals surface area contributed by atoms with Gasteiger partial charge < -0.3 is 5.32 Å². The largest absolute Gasteiger partial charge is 0.332 e. The van der Waals surface area contributed by atoms with E-state index >= 15 is 0 Å². The molecule has 2 aromatic carbocycles. The first-order valence-corrected chi connectivity index (χ1v) is 10.9. The van der Waals surface area contributed by atoms with Crippen LogP contribution in [0, 0.1) is 29.6 Å². The van der Waals surface area contributed by atoms with E-state index in [1.807, 2.05) is 31.2 Å². The zero-order valence-electron chi connectivity index (χ0n) is 17.3. The maximum absolute atomic E-state index is 13.0. The fraction of sp³-hybridized carbons (Fsp3) is 0.250. The minimum Gasteiger partial charge on any atom is -0.332 e. The lowest BCUT2D eigenvalue weighted by Gasteiger charge is -2.11. The number of hydrogen-bond acceptors (Lipinski definition) is 4. The van der Waals surface area contributed by atoms with Crippen molar-refractivity contribution in [1.82, 2.24) is 15.1 Å². The molecule has 8 heteroatoms. The zero-order chi connectivity index (χ0) is 22.9. The molecule has 1 N–H and O–H groups in total. The van der Waals surface area contributed by atoms with Crippen molar-refractivity contribution in [2.24, 2.45) is 0 Å². The Morgan fingerprint density at radius 3 is 2.50 bits per heavy atom. The van der Waals surface area contributed by atoms with Gasteiger partial charge in [0.2, 0.25) is 0 Å². The highest BCUT2D eigenvalue weighted by molar-refractivity contribution is 6.35. The molecule has 160 valence electrons. The highest BCUT2D eigenvalue weighted by atomic mass is 35.5. The van der Waals surface area contributed by atoms with Crippen LogP contribution >= 0.6 is 23.2 Å². The van der Waals surface area contributed by atoms with Crippen LogP contribution in [0.5, 0.6) is 0 Å². The van der Waals surface area contributed by atoms with E-state index in [1.54, 1.807) is 22.9 Å². The van der Waals surface area contributed by atoms with E-state index in [4.69, 9.17) is 28.5 Å². The fourth-order valence-corrected chi connectivity index (χ4v) is 4.06. The second-order valence-electron chi connectivity index (χ2n) is 7.83. The van der Waals surface area contributed by atoms with Gasteiger partial charge in [0.15, 0.2) is 5.69 Å². The summed E-state index contributed by atoms with van der Waals surface area (Å²) in [5.41, 5.74) is 3.31. The molecule has 0 radical (unpaired) electrons. The van der Waals surface area contributed by atoms with E-state index < -0.39 is 11.4 Å². The van der Waals surface area contributed by atoms with Crippen molar-refractivity contribution in [3.05, 3.63) is 69.3 Å². The zero-order valence-corrected chi connectivity index (χ0v) is 18.8. The van der Waals surface area contributed by atoms with E-state index in [0.717, 1.165) is 11.1 Å². The van der Waals surface area contributed by atoms with Crippen LogP contribution in [0.15, 0.2) is 42.5 Å². The molecule has 4 rings (SSSR count). The van der Waals surface area contributed by atoms with Crippen LogP contribution in [0.3, 0.4) is 0 Å². The molecule has 3 aromatic rings. The summed E-state index contributed by atoms with van der Waals surface area (Å²) in [6.45, 7) is 1.83. The Kier molecular flexibility index (Phi) is 5.93. The van der Waals surface area contributed by atoms with Crippen molar-refractivity contribution < 1.29 is 4.79 Å². The van der Waals surface area contributed by atoms with E-state index in [-0.39, 0.29) is 5.69 Å². The lowest BCUT2D eigenvalue weighted by atomic mass is 10.0. The number of hydrogen-bond donors (Lipinski definition) is 1. The number of aromatic nitrogens is 2. The van der Waals surface area contributed by atoms with Crippen molar-refractivity contribution in [3.8, 4) is 29.1 Å². The van der Waals surface area contributed by atoms with Crippen molar-refractivity contribution in [2.45, 2.75) is 38.1 Å². The van der Waals surface area contributed by atoms with Gasteiger partial charge in [-0.25, -0.2) is 4.68 Å². The minimum absolute atomic E-state index is 0.237. The van der Waals surface area contributed by atoms with Crippen molar-refractivity contribution in [3.63, 3.8) is 0 Å².